The first-order valence-electron chi connectivity index (χ1n) is 5.69. The highest BCUT2D eigenvalue weighted by atomic mass is 16.3. The van der Waals surface area contributed by atoms with E-state index in [1.54, 1.807) is 0 Å². The smallest absolute Gasteiger partial charge is 0.328 e. The Labute approximate surface area is 97.5 Å². The molecule has 1 aliphatic carbocycles. The van der Waals surface area contributed by atoms with E-state index in [0.29, 0.717) is 12.8 Å². The lowest BCUT2D eigenvalue weighted by atomic mass is 10.0. The highest BCUT2D eigenvalue weighted by Crippen LogP contribution is 2.38. The van der Waals surface area contributed by atoms with Gasteiger partial charge in [-0.2, -0.15) is 0 Å². The van der Waals surface area contributed by atoms with Gasteiger partial charge in [0.25, 0.3) is 5.56 Å². The summed E-state index contributed by atoms with van der Waals surface area (Å²) in [5.74, 6) is 0.0618. The summed E-state index contributed by atoms with van der Waals surface area (Å²) in [7, 11) is 0. The molecule has 0 unspecified atom stereocenters. The van der Waals surface area contributed by atoms with Crippen molar-refractivity contribution in [2.24, 2.45) is 11.8 Å². The first-order valence-corrected chi connectivity index (χ1v) is 5.69. The number of aliphatic hydroxyl groups is 2. The van der Waals surface area contributed by atoms with E-state index in [9.17, 15) is 14.7 Å². The molecular weight excluding hydrogens is 224 g/mol. The maximum absolute atomic E-state index is 11.6. The minimum Gasteiger partial charge on any atom is -0.396 e. The second-order valence-corrected chi connectivity index (χ2v) is 4.55. The van der Waals surface area contributed by atoms with Crippen LogP contribution in [0, 0.1) is 11.8 Å². The first-order chi connectivity index (χ1) is 8.15. The molecule has 1 saturated carbocycles. The minimum absolute atomic E-state index is 0.0211. The molecule has 0 radical (unpaired) electrons. The number of rotatable bonds is 3. The molecule has 0 aliphatic heterocycles. The van der Waals surface area contributed by atoms with Crippen LogP contribution in [0.1, 0.15) is 18.9 Å². The molecule has 0 amide bonds. The van der Waals surface area contributed by atoms with E-state index in [1.165, 1.54) is 16.8 Å². The van der Waals surface area contributed by atoms with Gasteiger partial charge in [0.05, 0.1) is 0 Å². The zero-order valence-electron chi connectivity index (χ0n) is 9.37. The predicted octanol–water partition coefficient (Wildman–Crippen LogP) is -0.912. The number of aliphatic hydroxyl groups excluding tert-OH is 2. The number of hydrogen-bond acceptors (Lipinski definition) is 4. The van der Waals surface area contributed by atoms with E-state index in [-0.39, 0.29) is 31.1 Å². The molecule has 0 spiro atoms. The van der Waals surface area contributed by atoms with Gasteiger partial charge in [-0.05, 0) is 18.8 Å². The van der Waals surface area contributed by atoms with Crippen LogP contribution in [0.15, 0.2) is 21.9 Å². The molecule has 3 N–H and O–H groups in total. The first kappa shape index (κ1) is 12.1. The van der Waals surface area contributed by atoms with E-state index in [4.69, 9.17) is 5.11 Å². The van der Waals surface area contributed by atoms with Crippen LogP contribution in [-0.4, -0.2) is 33.0 Å². The van der Waals surface area contributed by atoms with Gasteiger partial charge in [-0.3, -0.25) is 14.3 Å². The molecule has 2 rings (SSSR count). The topological polar surface area (TPSA) is 95.3 Å². The Morgan fingerprint density at radius 3 is 2.65 bits per heavy atom. The predicted molar refractivity (Wildman–Crippen MR) is 60.7 cm³/mol. The number of hydrogen-bond donors (Lipinski definition) is 3. The van der Waals surface area contributed by atoms with Crippen LogP contribution in [0.2, 0.25) is 0 Å². The largest absolute Gasteiger partial charge is 0.396 e. The Morgan fingerprint density at radius 1 is 1.29 bits per heavy atom. The molecule has 1 fully saturated rings. The lowest BCUT2D eigenvalue weighted by molar-refractivity contribution is 0.187. The van der Waals surface area contributed by atoms with Crippen LogP contribution in [0.25, 0.3) is 0 Å². The van der Waals surface area contributed by atoms with Gasteiger partial charge >= 0.3 is 5.69 Å². The van der Waals surface area contributed by atoms with Gasteiger partial charge in [0.2, 0.25) is 0 Å². The Hall–Kier alpha value is -1.40. The summed E-state index contributed by atoms with van der Waals surface area (Å²) < 4.78 is 1.44. The lowest BCUT2D eigenvalue weighted by Crippen LogP contribution is -2.33. The van der Waals surface area contributed by atoms with Crippen LogP contribution in [-0.2, 0) is 0 Å². The molecule has 1 aromatic heterocycles. The normalized spacial score (nSPS) is 28.5. The van der Waals surface area contributed by atoms with Crippen molar-refractivity contribution in [1.82, 2.24) is 9.55 Å². The summed E-state index contributed by atoms with van der Waals surface area (Å²) in [6.45, 7) is 0.0395. The quantitative estimate of drug-likeness (QED) is 0.637. The van der Waals surface area contributed by atoms with Crippen molar-refractivity contribution in [2.45, 2.75) is 18.9 Å². The Bertz CT molecular complexity index is 493. The van der Waals surface area contributed by atoms with Crippen molar-refractivity contribution in [1.29, 1.82) is 0 Å². The number of aromatic nitrogens is 2. The second-order valence-electron chi connectivity index (χ2n) is 4.55. The number of nitrogens with one attached hydrogen (secondary N) is 1. The average Bonchev–Trinajstić information content (AvgIpc) is 2.72. The molecule has 3 atom stereocenters. The molecule has 1 heterocycles. The molecule has 17 heavy (non-hydrogen) atoms. The van der Waals surface area contributed by atoms with E-state index < -0.39 is 11.2 Å². The highest BCUT2D eigenvalue weighted by Gasteiger charge is 2.34. The van der Waals surface area contributed by atoms with Crippen molar-refractivity contribution in [3.63, 3.8) is 0 Å². The van der Waals surface area contributed by atoms with Crippen molar-refractivity contribution >= 4 is 0 Å². The summed E-state index contributed by atoms with van der Waals surface area (Å²) in [4.78, 5) is 24.8. The monoisotopic (exact) mass is 240 g/mol. The van der Waals surface area contributed by atoms with Crippen LogP contribution in [0.3, 0.4) is 0 Å². The summed E-state index contributed by atoms with van der Waals surface area (Å²) in [5.41, 5.74) is -0.886. The lowest BCUT2D eigenvalue weighted by Gasteiger charge is -2.19. The van der Waals surface area contributed by atoms with Crippen molar-refractivity contribution in [2.75, 3.05) is 13.2 Å². The van der Waals surface area contributed by atoms with E-state index in [0.717, 1.165) is 0 Å². The van der Waals surface area contributed by atoms with Gasteiger partial charge in [-0.15, -0.1) is 0 Å². The van der Waals surface area contributed by atoms with Gasteiger partial charge in [-0.25, -0.2) is 4.79 Å². The van der Waals surface area contributed by atoms with Crippen LogP contribution in [0.4, 0.5) is 0 Å². The van der Waals surface area contributed by atoms with E-state index >= 15 is 0 Å². The second kappa shape index (κ2) is 4.85. The van der Waals surface area contributed by atoms with Crippen LogP contribution < -0.4 is 11.2 Å². The van der Waals surface area contributed by atoms with E-state index in [1.807, 2.05) is 0 Å². The zero-order valence-corrected chi connectivity index (χ0v) is 9.37. The molecule has 0 aromatic carbocycles. The minimum atomic E-state index is -0.459. The molecule has 0 bridgehead atoms. The Balaban J connectivity index is 2.32. The summed E-state index contributed by atoms with van der Waals surface area (Å²) in [6.07, 6.45) is 2.80. The fourth-order valence-corrected chi connectivity index (χ4v) is 2.59. The maximum atomic E-state index is 11.6. The molecule has 94 valence electrons. The van der Waals surface area contributed by atoms with Crippen molar-refractivity contribution < 1.29 is 10.2 Å². The fourth-order valence-electron chi connectivity index (χ4n) is 2.59. The summed E-state index contributed by atoms with van der Waals surface area (Å²) in [5, 5.41) is 18.4. The average molecular weight is 240 g/mol. The van der Waals surface area contributed by atoms with E-state index in [2.05, 4.69) is 4.98 Å². The number of H-pyrrole nitrogens is 1. The molecule has 1 aliphatic rings. The number of aromatic amines is 1. The van der Waals surface area contributed by atoms with Gasteiger partial charge in [-0.1, -0.05) is 0 Å². The van der Waals surface area contributed by atoms with Crippen LogP contribution in [0.5, 0.6) is 0 Å². The van der Waals surface area contributed by atoms with Gasteiger partial charge in [0.1, 0.15) is 0 Å². The van der Waals surface area contributed by atoms with Gasteiger partial charge < -0.3 is 10.2 Å². The zero-order chi connectivity index (χ0) is 12.4. The molecule has 6 nitrogen and oxygen atoms in total. The fraction of sp³-hybridized carbons (Fsp3) is 0.636. The molecule has 6 heteroatoms. The van der Waals surface area contributed by atoms with Crippen molar-refractivity contribution in [3.05, 3.63) is 33.1 Å². The molecule has 1 aromatic rings. The maximum Gasteiger partial charge on any atom is 0.328 e. The van der Waals surface area contributed by atoms with Gasteiger partial charge in [0.15, 0.2) is 0 Å². The third kappa shape index (κ3) is 2.32. The Morgan fingerprint density at radius 2 is 2.06 bits per heavy atom. The van der Waals surface area contributed by atoms with Crippen LogP contribution >= 0.6 is 0 Å². The van der Waals surface area contributed by atoms with Gasteiger partial charge in [0, 0.05) is 37.4 Å². The standard InChI is InChI=1S/C11H16N2O4/c14-5-7-3-8(6-15)9(4-7)13-2-1-10(16)12-11(13)17/h1-2,7-9,14-15H,3-6H2,(H,12,16,17)/t7-,8+,9-/m0/s1. The third-order valence-corrected chi connectivity index (χ3v) is 3.46. The molecular formula is C11H16N2O4. The number of nitrogens with zero attached hydrogens (tertiary/aromatic N) is 1. The summed E-state index contributed by atoms with van der Waals surface area (Å²) >= 11 is 0. The highest BCUT2D eigenvalue weighted by molar-refractivity contribution is 4.92. The SMILES string of the molecule is O=c1ccn([C@H]2C[C@@H](CO)C[C@@H]2CO)c(=O)[nH]1. The molecule has 0 saturated heterocycles. The Kier molecular flexibility index (Phi) is 3.44. The van der Waals surface area contributed by atoms with Crippen molar-refractivity contribution in [3.8, 4) is 0 Å². The summed E-state index contributed by atoms with van der Waals surface area (Å²) in [6, 6.07) is 1.14. The third-order valence-electron chi connectivity index (χ3n) is 3.46.